The van der Waals surface area contributed by atoms with Gasteiger partial charge >= 0.3 is 0 Å². The van der Waals surface area contributed by atoms with E-state index in [4.69, 9.17) is 0 Å². The predicted octanol–water partition coefficient (Wildman–Crippen LogP) is 1.36. The zero-order valence-corrected chi connectivity index (χ0v) is 15.8. The lowest BCUT2D eigenvalue weighted by molar-refractivity contribution is -0.132. The van der Waals surface area contributed by atoms with Crippen molar-refractivity contribution in [2.75, 3.05) is 31.1 Å². The molecule has 9 heteroatoms. The highest BCUT2D eigenvalue weighted by Crippen LogP contribution is 2.16. The first-order valence-corrected chi connectivity index (χ1v) is 9.52. The number of amides is 1. The van der Waals surface area contributed by atoms with E-state index in [9.17, 15) is 4.79 Å². The Morgan fingerprint density at radius 3 is 2.48 bits per heavy atom. The van der Waals surface area contributed by atoms with Crippen molar-refractivity contribution in [3.8, 4) is 5.82 Å². The van der Waals surface area contributed by atoms with E-state index in [1.165, 1.54) is 0 Å². The number of fused-ring (bicyclic) bond motifs is 1. The molecule has 1 aliphatic heterocycles. The number of para-hydroxylation sites is 2. The van der Waals surface area contributed by atoms with Crippen molar-refractivity contribution in [2.24, 2.45) is 0 Å². The number of carbonyl (C=O) groups excluding carboxylic acids is 1. The number of aromatic nitrogens is 6. The lowest BCUT2D eigenvalue weighted by Crippen LogP contribution is -2.49. The van der Waals surface area contributed by atoms with Crippen LogP contribution >= 0.6 is 0 Å². The van der Waals surface area contributed by atoms with Crippen LogP contribution in [0.4, 0.5) is 5.82 Å². The molecule has 0 spiro atoms. The number of rotatable bonds is 4. The van der Waals surface area contributed by atoms with Crippen LogP contribution in [0, 0.1) is 0 Å². The average molecular weight is 388 g/mol. The summed E-state index contributed by atoms with van der Waals surface area (Å²) in [6.45, 7) is 3.10. The first kappa shape index (κ1) is 17.4. The molecule has 0 N–H and O–H groups in total. The van der Waals surface area contributed by atoms with Gasteiger partial charge in [-0.2, -0.15) is 0 Å². The van der Waals surface area contributed by atoms with Crippen LogP contribution < -0.4 is 4.90 Å². The van der Waals surface area contributed by atoms with Crippen LogP contribution in [0.15, 0.2) is 61.4 Å². The third kappa shape index (κ3) is 3.42. The van der Waals surface area contributed by atoms with Crippen LogP contribution in [0.3, 0.4) is 0 Å². The van der Waals surface area contributed by atoms with Gasteiger partial charge in [-0.25, -0.2) is 9.97 Å². The van der Waals surface area contributed by atoms with Gasteiger partial charge in [0.05, 0.1) is 17.4 Å². The number of anilines is 1. The standard InChI is InChI=1S/C20H20N8O/c29-20(13-28-15-22-16-3-1-2-4-17(16)28)26-11-9-25(10-12-26)18-5-6-19(24-23-18)27-8-7-21-14-27/h1-8,14-15H,9-13H2. The third-order valence-electron chi connectivity index (χ3n) is 5.19. The predicted molar refractivity (Wildman–Crippen MR) is 108 cm³/mol. The van der Waals surface area contributed by atoms with Crippen LogP contribution in [0.1, 0.15) is 0 Å². The quantitative estimate of drug-likeness (QED) is 0.525. The van der Waals surface area contributed by atoms with Gasteiger partial charge < -0.3 is 14.4 Å². The number of benzene rings is 1. The highest BCUT2D eigenvalue weighted by Gasteiger charge is 2.22. The molecular formula is C20H20N8O. The molecule has 0 saturated carbocycles. The van der Waals surface area contributed by atoms with Crippen LogP contribution in [0.5, 0.6) is 0 Å². The second-order valence-electron chi connectivity index (χ2n) is 6.95. The van der Waals surface area contributed by atoms with Gasteiger partial charge in [-0.05, 0) is 24.3 Å². The average Bonchev–Trinajstić information content (AvgIpc) is 3.45. The van der Waals surface area contributed by atoms with Crippen LogP contribution in [0.2, 0.25) is 0 Å². The number of hydrogen-bond acceptors (Lipinski definition) is 6. The van der Waals surface area contributed by atoms with Crippen molar-refractivity contribution in [3.63, 3.8) is 0 Å². The van der Waals surface area contributed by atoms with Crippen molar-refractivity contribution in [3.05, 3.63) is 61.4 Å². The van der Waals surface area contributed by atoms with Gasteiger partial charge in [-0.15, -0.1) is 10.2 Å². The molecule has 146 valence electrons. The molecule has 1 aromatic carbocycles. The smallest absolute Gasteiger partial charge is 0.242 e. The number of imidazole rings is 2. The highest BCUT2D eigenvalue weighted by molar-refractivity contribution is 5.80. The summed E-state index contributed by atoms with van der Waals surface area (Å²) in [5, 5.41) is 8.60. The molecule has 0 unspecified atom stereocenters. The molecule has 1 aliphatic rings. The zero-order valence-electron chi connectivity index (χ0n) is 15.8. The molecule has 0 radical (unpaired) electrons. The Balaban J connectivity index is 1.20. The monoisotopic (exact) mass is 388 g/mol. The minimum absolute atomic E-state index is 0.106. The van der Waals surface area contributed by atoms with E-state index >= 15 is 0 Å². The molecule has 3 aromatic heterocycles. The summed E-state index contributed by atoms with van der Waals surface area (Å²) in [5.41, 5.74) is 1.88. The fraction of sp³-hybridized carbons (Fsp3) is 0.250. The molecule has 9 nitrogen and oxygen atoms in total. The zero-order chi connectivity index (χ0) is 19.6. The highest BCUT2D eigenvalue weighted by atomic mass is 16.2. The van der Waals surface area contributed by atoms with Gasteiger partial charge in [-0.3, -0.25) is 9.36 Å². The van der Waals surface area contributed by atoms with Gasteiger partial charge in [-0.1, -0.05) is 12.1 Å². The SMILES string of the molecule is O=C(Cn1cnc2ccccc21)N1CCN(c2ccc(-n3ccnc3)nn2)CC1. The Labute approximate surface area is 167 Å². The van der Waals surface area contributed by atoms with Crippen LogP contribution in [0.25, 0.3) is 16.9 Å². The van der Waals surface area contributed by atoms with Gasteiger partial charge in [0.1, 0.15) is 12.9 Å². The first-order valence-electron chi connectivity index (χ1n) is 9.52. The van der Waals surface area contributed by atoms with Crippen molar-refractivity contribution in [1.29, 1.82) is 0 Å². The minimum atomic E-state index is 0.106. The largest absolute Gasteiger partial charge is 0.352 e. The fourth-order valence-electron chi connectivity index (χ4n) is 3.59. The van der Waals surface area contributed by atoms with E-state index < -0.39 is 0 Å². The molecule has 5 rings (SSSR count). The number of nitrogens with zero attached hydrogens (tertiary/aromatic N) is 8. The van der Waals surface area contributed by atoms with E-state index in [0.29, 0.717) is 19.6 Å². The van der Waals surface area contributed by atoms with E-state index in [1.54, 1.807) is 18.9 Å². The van der Waals surface area contributed by atoms with Crippen LogP contribution in [-0.4, -0.2) is 66.3 Å². The Bertz CT molecular complexity index is 1110. The van der Waals surface area contributed by atoms with Crippen LogP contribution in [-0.2, 0) is 11.3 Å². The van der Waals surface area contributed by atoms with Gasteiger partial charge in [0.25, 0.3) is 0 Å². The molecule has 0 atom stereocenters. The molecule has 4 heterocycles. The molecule has 1 saturated heterocycles. The summed E-state index contributed by atoms with van der Waals surface area (Å²) in [7, 11) is 0. The Kier molecular flexibility index (Phi) is 4.39. The van der Waals surface area contributed by atoms with Gasteiger partial charge in [0, 0.05) is 38.6 Å². The summed E-state index contributed by atoms with van der Waals surface area (Å²) < 4.78 is 3.72. The van der Waals surface area contributed by atoms with E-state index in [1.807, 2.05) is 56.6 Å². The summed E-state index contributed by atoms with van der Waals surface area (Å²) in [6, 6.07) is 11.7. The lowest BCUT2D eigenvalue weighted by atomic mass is 10.3. The maximum Gasteiger partial charge on any atom is 0.242 e. The Morgan fingerprint density at radius 1 is 0.931 bits per heavy atom. The minimum Gasteiger partial charge on any atom is -0.352 e. The normalized spacial score (nSPS) is 14.5. The van der Waals surface area contributed by atoms with E-state index in [0.717, 1.165) is 35.8 Å². The van der Waals surface area contributed by atoms with Crippen molar-refractivity contribution < 1.29 is 4.79 Å². The second-order valence-corrected chi connectivity index (χ2v) is 6.95. The number of carbonyl (C=O) groups is 1. The Hall–Kier alpha value is -3.75. The summed E-state index contributed by atoms with van der Waals surface area (Å²) in [4.78, 5) is 25.2. The summed E-state index contributed by atoms with van der Waals surface area (Å²) >= 11 is 0. The van der Waals surface area contributed by atoms with E-state index in [-0.39, 0.29) is 5.91 Å². The molecule has 1 amide bonds. The second kappa shape index (κ2) is 7.34. The van der Waals surface area contributed by atoms with Gasteiger partial charge in [0.15, 0.2) is 11.6 Å². The molecule has 0 aliphatic carbocycles. The third-order valence-corrected chi connectivity index (χ3v) is 5.19. The maximum atomic E-state index is 12.8. The van der Waals surface area contributed by atoms with E-state index in [2.05, 4.69) is 25.1 Å². The maximum absolute atomic E-state index is 12.8. The summed E-state index contributed by atoms with van der Waals surface area (Å²) in [6.07, 6.45) is 6.96. The summed E-state index contributed by atoms with van der Waals surface area (Å²) in [5.74, 6) is 1.66. The van der Waals surface area contributed by atoms with Gasteiger partial charge in [0.2, 0.25) is 5.91 Å². The number of piperazine rings is 1. The number of hydrogen-bond donors (Lipinski definition) is 0. The topological polar surface area (TPSA) is 85.0 Å². The molecule has 0 bridgehead atoms. The Morgan fingerprint density at radius 2 is 1.72 bits per heavy atom. The van der Waals surface area contributed by atoms with Crippen molar-refractivity contribution in [2.45, 2.75) is 6.54 Å². The first-order chi connectivity index (χ1) is 14.3. The fourth-order valence-corrected chi connectivity index (χ4v) is 3.59. The molecule has 1 fully saturated rings. The molecule has 29 heavy (non-hydrogen) atoms. The van der Waals surface area contributed by atoms with Crippen molar-refractivity contribution >= 4 is 22.8 Å². The molecule has 4 aromatic rings. The molecular weight excluding hydrogens is 368 g/mol. The lowest BCUT2D eigenvalue weighted by Gasteiger charge is -2.35. The van der Waals surface area contributed by atoms with Crippen molar-refractivity contribution in [1.82, 2.24) is 34.2 Å².